The molecule has 0 fully saturated rings. The van der Waals surface area contributed by atoms with E-state index in [1.807, 2.05) is 6.26 Å². The summed E-state index contributed by atoms with van der Waals surface area (Å²) in [5, 5.41) is 9.99. The van der Waals surface area contributed by atoms with E-state index in [0.29, 0.717) is 10.7 Å². The van der Waals surface area contributed by atoms with Crippen LogP contribution in [0.3, 0.4) is 0 Å². The summed E-state index contributed by atoms with van der Waals surface area (Å²) in [6, 6.07) is 4.09. The topological polar surface area (TPSA) is 71.2 Å². The van der Waals surface area contributed by atoms with Gasteiger partial charge in [0.2, 0.25) is 0 Å². The van der Waals surface area contributed by atoms with Gasteiger partial charge in [0, 0.05) is 13.2 Å². The van der Waals surface area contributed by atoms with Gasteiger partial charge in [0.1, 0.15) is 12.5 Å². The average molecular weight is 288 g/mol. The molecule has 1 aromatic rings. The van der Waals surface area contributed by atoms with Crippen LogP contribution in [0.15, 0.2) is 42.1 Å². The lowest BCUT2D eigenvalue weighted by Crippen LogP contribution is -2.11. The van der Waals surface area contributed by atoms with Crippen LogP contribution in [-0.2, 0) is 0 Å². The highest BCUT2D eigenvalue weighted by atomic mass is 32.2. The molecular weight excluding hydrogens is 272 g/mol. The summed E-state index contributed by atoms with van der Waals surface area (Å²) in [4.78, 5) is 12.3. The summed E-state index contributed by atoms with van der Waals surface area (Å²) in [7, 11) is 1.66. The van der Waals surface area contributed by atoms with Crippen LogP contribution in [0.2, 0.25) is 0 Å². The molecule has 1 atom stereocenters. The first-order chi connectivity index (χ1) is 9.65. The largest absolute Gasteiger partial charge is 0.459 e. The summed E-state index contributed by atoms with van der Waals surface area (Å²) in [5.74, 6) is -0.511. The van der Waals surface area contributed by atoms with E-state index in [-0.39, 0.29) is 12.6 Å². The Hall–Kier alpha value is -2.13. The zero-order chi connectivity index (χ0) is 15.0. The van der Waals surface area contributed by atoms with E-state index >= 15 is 0 Å². The molecule has 0 N–H and O–H groups in total. The molecule has 1 rings (SSSR count). The van der Waals surface area contributed by atoms with Gasteiger partial charge in [0.05, 0.1) is 16.8 Å². The lowest BCUT2D eigenvalue weighted by Gasteiger charge is -2.10. The summed E-state index contributed by atoms with van der Waals surface area (Å²) < 4.78 is 5.39. The fraction of sp³-hybridized carbons (Fsp3) is 0.286. The molecule has 0 saturated heterocycles. The average Bonchev–Trinajstić information content (AvgIpc) is 2.50. The minimum Gasteiger partial charge on any atom is -0.459 e. The highest BCUT2D eigenvalue weighted by Gasteiger charge is 2.19. The Kier molecular flexibility index (Phi) is 6.47. The van der Waals surface area contributed by atoms with E-state index in [0.717, 1.165) is 5.57 Å². The van der Waals surface area contributed by atoms with E-state index in [9.17, 15) is 5.26 Å². The molecule has 0 aliphatic carbocycles. The van der Waals surface area contributed by atoms with Gasteiger partial charge in [-0.3, -0.25) is 4.99 Å². The number of thioether (sulfide) groups is 1. The van der Waals surface area contributed by atoms with Crippen LogP contribution in [0, 0.1) is 11.3 Å². The van der Waals surface area contributed by atoms with E-state index in [4.69, 9.17) is 4.74 Å². The van der Waals surface area contributed by atoms with Crippen molar-refractivity contribution in [3.8, 4) is 12.1 Å². The van der Waals surface area contributed by atoms with Crippen molar-refractivity contribution in [2.45, 2.75) is 5.92 Å². The van der Waals surface area contributed by atoms with Gasteiger partial charge in [-0.25, -0.2) is 4.98 Å². The second-order valence-corrected chi connectivity index (χ2v) is 4.57. The normalized spacial score (nSPS) is 12.3. The van der Waals surface area contributed by atoms with Gasteiger partial charge >= 0.3 is 6.01 Å². The first kappa shape index (κ1) is 15.9. The Morgan fingerprint density at radius 1 is 1.70 bits per heavy atom. The number of nitrogens with zero attached hydrogens (tertiary/aromatic N) is 4. The van der Waals surface area contributed by atoms with Crippen molar-refractivity contribution in [2.75, 3.05) is 19.9 Å². The molecule has 0 aliphatic heterocycles. The Balaban J connectivity index is 2.94. The molecule has 0 bridgehead atoms. The van der Waals surface area contributed by atoms with Crippen LogP contribution in [-0.4, -0.2) is 34.9 Å². The molecule has 6 heteroatoms. The number of nitriles is 1. The third-order valence-electron chi connectivity index (χ3n) is 2.43. The predicted molar refractivity (Wildman–Crippen MR) is 82.1 cm³/mol. The van der Waals surface area contributed by atoms with E-state index in [1.165, 1.54) is 11.8 Å². The minimum atomic E-state index is -0.511. The van der Waals surface area contributed by atoms with Crippen LogP contribution in [0.1, 0.15) is 11.6 Å². The van der Waals surface area contributed by atoms with Crippen LogP contribution < -0.4 is 4.74 Å². The van der Waals surface area contributed by atoms with Gasteiger partial charge in [0.25, 0.3) is 0 Å². The van der Waals surface area contributed by atoms with Crippen molar-refractivity contribution in [1.82, 2.24) is 9.97 Å². The van der Waals surface area contributed by atoms with Crippen molar-refractivity contribution in [3.63, 3.8) is 0 Å². The van der Waals surface area contributed by atoms with Gasteiger partial charge in [-0.2, -0.15) is 10.2 Å². The smallest absolute Gasteiger partial charge is 0.316 e. The molecule has 104 valence electrons. The number of aliphatic imine (C=N–C) groups is 1. The van der Waals surface area contributed by atoms with Gasteiger partial charge in [-0.1, -0.05) is 19.2 Å². The second-order valence-electron chi connectivity index (χ2n) is 3.74. The maximum atomic E-state index is 9.29. The molecule has 0 spiro atoms. The van der Waals surface area contributed by atoms with Crippen LogP contribution >= 0.6 is 11.8 Å². The third-order valence-corrected chi connectivity index (χ3v) is 3.27. The molecular formula is C14H16N4OS. The summed E-state index contributed by atoms with van der Waals surface area (Å²) in [5.41, 5.74) is 1.30. The summed E-state index contributed by atoms with van der Waals surface area (Å²) in [6.45, 7) is 7.60. The van der Waals surface area contributed by atoms with Gasteiger partial charge < -0.3 is 4.74 Å². The summed E-state index contributed by atoms with van der Waals surface area (Å²) in [6.07, 6.45) is 5.04. The summed E-state index contributed by atoms with van der Waals surface area (Å²) >= 11 is 1.42. The standard InChI is InChI=1S/C14H16N4OS/c1-5-10(2)9-19-14-17-7-6-12(18-14)11(8-15)13(16-3)20-4/h5-7,11H,1-2,9H2,3-4H3. The van der Waals surface area contributed by atoms with Crippen molar-refractivity contribution in [3.05, 3.63) is 42.8 Å². The van der Waals surface area contributed by atoms with Crippen molar-refractivity contribution in [1.29, 1.82) is 5.26 Å². The first-order valence-corrected chi connectivity index (χ1v) is 7.05. The third kappa shape index (κ3) is 4.21. The number of rotatable bonds is 6. The lowest BCUT2D eigenvalue weighted by atomic mass is 10.1. The van der Waals surface area contributed by atoms with Crippen LogP contribution in [0.25, 0.3) is 0 Å². The molecule has 0 aliphatic rings. The van der Waals surface area contributed by atoms with Crippen molar-refractivity contribution >= 4 is 16.8 Å². The lowest BCUT2D eigenvalue weighted by molar-refractivity contribution is 0.325. The molecule has 0 saturated carbocycles. The van der Waals surface area contributed by atoms with E-state index in [2.05, 4.69) is 34.2 Å². The second kappa shape index (κ2) is 8.12. The monoisotopic (exact) mass is 288 g/mol. The van der Waals surface area contributed by atoms with Crippen molar-refractivity contribution < 1.29 is 4.74 Å². The highest BCUT2D eigenvalue weighted by molar-refractivity contribution is 8.13. The van der Waals surface area contributed by atoms with Crippen molar-refractivity contribution in [2.24, 2.45) is 4.99 Å². The van der Waals surface area contributed by atoms with Crippen LogP contribution in [0.4, 0.5) is 0 Å². The van der Waals surface area contributed by atoms with Gasteiger partial charge in [-0.15, -0.1) is 11.8 Å². The Labute approximate surface area is 123 Å². The molecule has 1 unspecified atom stereocenters. The van der Waals surface area contributed by atoms with Gasteiger partial charge in [-0.05, 0) is 17.9 Å². The van der Waals surface area contributed by atoms with Crippen LogP contribution in [0.5, 0.6) is 6.01 Å². The molecule has 5 nitrogen and oxygen atoms in total. The maximum absolute atomic E-state index is 9.29. The molecule has 0 amide bonds. The van der Waals surface area contributed by atoms with E-state index in [1.54, 1.807) is 25.4 Å². The quantitative estimate of drug-likeness (QED) is 0.457. The number of ether oxygens (including phenoxy) is 1. The Bertz CT molecular complexity index is 563. The molecule has 0 aromatic carbocycles. The fourth-order valence-electron chi connectivity index (χ4n) is 1.39. The Morgan fingerprint density at radius 2 is 2.45 bits per heavy atom. The molecule has 0 radical (unpaired) electrons. The molecule has 1 aromatic heterocycles. The molecule has 1 heterocycles. The molecule has 20 heavy (non-hydrogen) atoms. The highest BCUT2D eigenvalue weighted by Crippen LogP contribution is 2.21. The van der Waals surface area contributed by atoms with Gasteiger partial charge in [0.15, 0.2) is 0 Å². The first-order valence-electron chi connectivity index (χ1n) is 5.82. The fourth-order valence-corrected chi connectivity index (χ4v) is 1.98. The number of hydrogen-bond donors (Lipinski definition) is 0. The predicted octanol–water partition coefficient (Wildman–Crippen LogP) is 2.60. The van der Waals surface area contributed by atoms with E-state index < -0.39 is 5.92 Å². The number of aromatic nitrogens is 2. The number of hydrogen-bond acceptors (Lipinski definition) is 6. The zero-order valence-electron chi connectivity index (χ0n) is 11.5. The Morgan fingerprint density at radius 3 is 3.00 bits per heavy atom. The zero-order valence-corrected chi connectivity index (χ0v) is 12.4. The SMILES string of the molecule is C=CC(=C)COc1nccc(C(C#N)C(=NC)SC)n1. The maximum Gasteiger partial charge on any atom is 0.316 e. The minimum absolute atomic E-state index is 0.210.